The van der Waals surface area contributed by atoms with Crippen molar-refractivity contribution >= 4 is 11.8 Å². The summed E-state index contributed by atoms with van der Waals surface area (Å²) in [6.45, 7) is 1.05. The molecule has 2 heterocycles. The summed E-state index contributed by atoms with van der Waals surface area (Å²) in [4.78, 5) is 26.5. The van der Waals surface area contributed by atoms with Gasteiger partial charge in [-0.25, -0.2) is 0 Å². The van der Waals surface area contributed by atoms with Crippen LogP contribution in [0.5, 0.6) is 23.0 Å². The predicted octanol–water partition coefficient (Wildman–Crippen LogP) is 5.87. The molecule has 2 aliphatic rings. The van der Waals surface area contributed by atoms with E-state index in [1.165, 1.54) is 0 Å². The molecule has 6 heteroatoms. The molecule has 6 nitrogen and oxygen atoms in total. The molecule has 0 radical (unpaired) electrons. The largest absolute Gasteiger partial charge is 0.457 e. The number of ether oxygens (including phenoxy) is 2. The minimum atomic E-state index is -0.412. The summed E-state index contributed by atoms with van der Waals surface area (Å²) in [6, 6.07) is 30.7. The Labute approximate surface area is 221 Å². The zero-order valence-electron chi connectivity index (χ0n) is 20.9. The number of carbonyl (C=O) groups excluding carboxylic acids is 2. The Morgan fingerprint density at radius 3 is 1.11 bits per heavy atom. The summed E-state index contributed by atoms with van der Waals surface area (Å²) >= 11 is 0. The minimum Gasteiger partial charge on any atom is -0.457 e. The van der Waals surface area contributed by atoms with Crippen LogP contribution in [0.3, 0.4) is 0 Å². The van der Waals surface area contributed by atoms with E-state index in [2.05, 4.69) is 10.6 Å². The van der Waals surface area contributed by atoms with Gasteiger partial charge < -0.3 is 20.1 Å². The second-order valence-corrected chi connectivity index (χ2v) is 9.51. The number of para-hydroxylation sites is 4. The quantitative estimate of drug-likeness (QED) is 0.309. The normalized spacial score (nSPS) is 13.6. The molecule has 0 atom stereocenters. The van der Waals surface area contributed by atoms with Crippen molar-refractivity contribution in [3.05, 3.63) is 119 Å². The van der Waals surface area contributed by atoms with Gasteiger partial charge >= 0.3 is 0 Å². The average Bonchev–Trinajstić information content (AvgIpc) is 2.96. The molecule has 0 aromatic heterocycles. The van der Waals surface area contributed by atoms with Crippen LogP contribution in [0.2, 0.25) is 0 Å². The van der Waals surface area contributed by atoms with Crippen molar-refractivity contribution in [3.8, 4) is 23.0 Å². The van der Waals surface area contributed by atoms with Crippen molar-refractivity contribution < 1.29 is 19.1 Å². The highest BCUT2D eigenvalue weighted by molar-refractivity contribution is 5.90. The molecule has 0 saturated carbocycles. The molecular weight excluding hydrogens is 476 g/mol. The maximum absolute atomic E-state index is 13.3. The topological polar surface area (TPSA) is 76.7 Å². The van der Waals surface area contributed by atoms with Gasteiger partial charge in [0.25, 0.3) is 0 Å². The third-order valence-electron chi connectivity index (χ3n) is 7.09. The predicted molar refractivity (Wildman–Crippen MR) is 145 cm³/mol. The Morgan fingerprint density at radius 1 is 0.500 bits per heavy atom. The molecule has 2 amide bonds. The van der Waals surface area contributed by atoms with Gasteiger partial charge in [0.2, 0.25) is 11.8 Å². The molecule has 0 bridgehead atoms. The monoisotopic (exact) mass is 504 g/mol. The maximum Gasteiger partial charge on any atom is 0.232 e. The van der Waals surface area contributed by atoms with E-state index in [0.29, 0.717) is 36.1 Å². The van der Waals surface area contributed by atoms with E-state index < -0.39 is 11.8 Å². The van der Waals surface area contributed by atoms with Crippen molar-refractivity contribution in [2.75, 3.05) is 13.1 Å². The number of benzene rings is 4. The van der Waals surface area contributed by atoms with E-state index in [4.69, 9.17) is 9.47 Å². The lowest BCUT2D eigenvalue weighted by Crippen LogP contribution is -2.34. The van der Waals surface area contributed by atoms with Crippen LogP contribution in [0.4, 0.5) is 0 Å². The van der Waals surface area contributed by atoms with Gasteiger partial charge in [-0.15, -0.1) is 0 Å². The van der Waals surface area contributed by atoms with Crippen LogP contribution in [0.1, 0.15) is 46.9 Å². The molecule has 0 saturated heterocycles. The summed E-state index contributed by atoms with van der Waals surface area (Å²) in [5.41, 5.74) is 3.47. The van der Waals surface area contributed by atoms with E-state index in [1.807, 2.05) is 97.1 Å². The third kappa shape index (κ3) is 4.50. The number of rotatable bonds is 7. The Bertz CT molecular complexity index is 1290. The second-order valence-electron chi connectivity index (χ2n) is 9.51. The van der Waals surface area contributed by atoms with Gasteiger partial charge in [-0.3, -0.25) is 9.59 Å². The third-order valence-corrected chi connectivity index (χ3v) is 7.09. The van der Waals surface area contributed by atoms with E-state index in [1.54, 1.807) is 0 Å². The minimum absolute atomic E-state index is 0.0485. The fourth-order valence-corrected chi connectivity index (χ4v) is 5.26. The number of hydrogen-bond acceptors (Lipinski definition) is 4. The van der Waals surface area contributed by atoms with Crippen LogP contribution >= 0.6 is 0 Å². The highest BCUT2D eigenvalue weighted by Crippen LogP contribution is 2.45. The summed E-state index contributed by atoms with van der Waals surface area (Å²) in [5, 5.41) is 6.18. The van der Waals surface area contributed by atoms with Gasteiger partial charge in [0.1, 0.15) is 23.0 Å². The molecular formula is C32H28N2O4. The smallest absolute Gasteiger partial charge is 0.232 e. The average molecular weight is 505 g/mol. The van der Waals surface area contributed by atoms with Crippen molar-refractivity contribution in [2.45, 2.75) is 24.7 Å². The molecule has 0 fully saturated rings. The first-order chi connectivity index (χ1) is 18.7. The lowest BCUT2D eigenvalue weighted by Gasteiger charge is -2.27. The molecule has 2 N–H and O–H groups in total. The first kappa shape index (κ1) is 23.8. The van der Waals surface area contributed by atoms with E-state index in [-0.39, 0.29) is 11.8 Å². The number of carbonyl (C=O) groups is 2. The standard InChI is InChI=1S/C32H28N2O4/c35-31(29-21-11-1-5-15-25(21)37-26-16-6-2-12-22(26)29)33-19-9-10-20-34-32(36)30-23-13-3-7-17-27(23)38-28-18-8-4-14-24(28)30/h1-8,11-18,29-30H,9-10,19-20H2,(H,33,35)(H,34,36). The van der Waals surface area contributed by atoms with Gasteiger partial charge in [-0.2, -0.15) is 0 Å². The Morgan fingerprint density at radius 2 is 0.789 bits per heavy atom. The van der Waals surface area contributed by atoms with Gasteiger partial charge in [-0.1, -0.05) is 72.8 Å². The highest BCUT2D eigenvalue weighted by atomic mass is 16.5. The van der Waals surface area contributed by atoms with Gasteiger partial charge in [0.05, 0.1) is 11.8 Å². The van der Waals surface area contributed by atoms with E-state index in [9.17, 15) is 9.59 Å². The van der Waals surface area contributed by atoms with Gasteiger partial charge in [0, 0.05) is 35.3 Å². The summed E-state index contributed by atoms with van der Waals surface area (Å²) in [6.07, 6.45) is 1.50. The summed E-state index contributed by atoms with van der Waals surface area (Å²) in [5.74, 6) is 1.93. The number of amides is 2. The lowest BCUT2D eigenvalue weighted by atomic mass is 9.87. The summed E-state index contributed by atoms with van der Waals surface area (Å²) in [7, 11) is 0. The zero-order chi connectivity index (χ0) is 25.9. The summed E-state index contributed by atoms with van der Waals surface area (Å²) < 4.78 is 12.0. The van der Waals surface area contributed by atoms with Gasteiger partial charge in [0.15, 0.2) is 0 Å². The van der Waals surface area contributed by atoms with Crippen LogP contribution in [-0.4, -0.2) is 24.9 Å². The number of nitrogens with one attached hydrogen (secondary N) is 2. The molecule has 38 heavy (non-hydrogen) atoms. The first-order valence-electron chi connectivity index (χ1n) is 13.0. The Hall–Kier alpha value is -4.58. The molecule has 190 valence electrons. The van der Waals surface area contributed by atoms with Crippen LogP contribution in [0.25, 0.3) is 0 Å². The lowest BCUT2D eigenvalue weighted by molar-refractivity contribution is -0.122. The van der Waals surface area contributed by atoms with Gasteiger partial charge in [-0.05, 0) is 37.1 Å². The van der Waals surface area contributed by atoms with Crippen molar-refractivity contribution in [2.24, 2.45) is 0 Å². The zero-order valence-corrected chi connectivity index (χ0v) is 20.9. The number of unbranched alkanes of at least 4 members (excludes halogenated alkanes) is 1. The Balaban J connectivity index is 1.04. The number of fused-ring (bicyclic) bond motifs is 4. The molecule has 6 rings (SSSR count). The fourth-order valence-electron chi connectivity index (χ4n) is 5.26. The molecule has 4 aromatic rings. The van der Waals surface area contributed by atoms with Crippen molar-refractivity contribution in [3.63, 3.8) is 0 Å². The van der Waals surface area contributed by atoms with Crippen LogP contribution in [0.15, 0.2) is 97.1 Å². The van der Waals surface area contributed by atoms with Crippen molar-refractivity contribution in [1.29, 1.82) is 0 Å². The Kier molecular flexibility index (Phi) is 6.53. The highest BCUT2D eigenvalue weighted by Gasteiger charge is 2.33. The van der Waals surface area contributed by atoms with Crippen LogP contribution < -0.4 is 20.1 Å². The SMILES string of the molecule is O=C(NCCCCNC(=O)C1c2ccccc2Oc2ccccc21)C1c2ccccc2Oc2ccccc21. The molecule has 0 spiro atoms. The van der Waals surface area contributed by atoms with E-state index >= 15 is 0 Å². The second kappa shape index (κ2) is 10.4. The first-order valence-corrected chi connectivity index (χ1v) is 13.0. The molecule has 0 unspecified atom stereocenters. The van der Waals surface area contributed by atoms with E-state index in [0.717, 1.165) is 35.1 Å². The maximum atomic E-state index is 13.3. The molecule has 4 aromatic carbocycles. The van der Waals surface area contributed by atoms with Crippen LogP contribution in [0, 0.1) is 0 Å². The van der Waals surface area contributed by atoms with Crippen molar-refractivity contribution in [1.82, 2.24) is 10.6 Å². The fraction of sp³-hybridized carbons (Fsp3) is 0.188. The number of hydrogen-bond donors (Lipinski definition) is 2. The molecule has 0 aliphatic carbocycles. The van der Waals surface area contributed by atoms with Crippen LogP contribution in [-0.2, 0) is 9.59 Å². The molecule has 2 aliphatic heterocycles.